The highest BCUT2D eigenvalue weighted by Crippen LogP contribution is 2.51. The Morgan fingerprint density at radius 3 is 2.02 bits per heavy atom. The highest BCUT2D eigenvalue weighted by atomic mass is 15.2. The minimum absolute atomic E-state index is 0.0698. The van der Waals surface area contributed by atoms with E-state index in [4.69, 9.17) is 0 Å². The zero-order valence-corrected chi connectivity index (χ0v) is 27.8. The molecule has 0 saturated heterocycles. The largest absolute Gasteiger partial charge is 0.358 e. The predicted molar refractivity (Wildman–Crippen MR) is 194 cm³/mol. The summed E-state index contributed by atoms with van der Waals surface area (Å²) in [5.74, 6) is 0. The molecule has 0 radical (unpaired) electrons. The van der Waals surface area contributed by atoms with Gasteiger partial charge in [0.2, 0.25) is 5.69 Å². The minimum atomic E-state index is -0.0774. The molecule has 4 aromatic rings. The van der Waals surface area contributed by atoms with E-state index in [1.165, 1.54) is 81.1 Å². The van der Waals surface area contributed by atoms with Crippen LogP contribution in [0.5, 0.6) is 0 Å². The lowest BCUT2D eigenvalue weighted by atomic mass is 9.79. The highest BCUT2D eigenvalue weighted by Gasteiger charge is 2.44. The molecular weight excluding hydrogens is 546 g/mol. The van der Waals surface area contributed by atoms with Crippen LogP contribution in [0.4, 0.5) is 11.4 Å². The van der Waals surface area contributed by atoms with Crippen molar-refractivity contribution >= 4 is 38.6 Å². The molecule has 45 heavy (non-hydrogen) atoms. The molecule has 2 aliphatic rings. The van der Waals surface area contributed by atoms with Gasteiger partial charge in [0, 0.05) is 41.1 Å². The van der Waals surface area contributed by atoms with E-state index in [1.54, 1.807) is 0 Å². The van der Waals surface area contributed by atoms with Crippen LogP contribution in [0.1, 0.15) is 64.5 Å². The number of anilines is 1. The molecule has 0 spiro atoms. The van der Waals surface area contributed by atoms with Crippen molar-refractivity contribution < 1.29 is 10.3 Å². The molecule has 2 aliphatic heterocycles. The van der Waals surface area contributed by atoms with Crippen molar-refractivity contribution in [3.63, 3.8) is 0 Å². The van der Waals surface area contributed by atoms with Crippen LogP contribution in [-0.4, -0.2) is 30.4 Å². The van der Waals surface area contributed by atoms with Crippen molar-refractivity contribution in [3.8, 4) is 0 Å². The first-order chi connectivity index (χ1) is 21.8. The fourth-order valence-corrected chi connectivity index (χ4v) is 7.76. The Bertz CT molecular complexity index is 1880. The lowest BCUT2D eigenvalue weighted by Gasteiger charge is -2.27. The topological polar surface area (TPSA) is 33.9 Å². The molecule has 3 nitrogen and oxygen atoms in total. The van der Waals surface area contributed by atoms with E-state index in [0.29, 0.717) is 0 Å². The summed E-state index contributed by atoms with van der Waals surface area (Å²) in [5, 5.41) is 5.33. The van der Waals surface area contributed by atoms with Gasteiger partial charge in [-0.3, -0.25) is 0 Å². The number of nitrogens with zero attached hydrogens (tertiary/aromatic N) is 2. The molecule has 4 aromatic carbocycles. The average Bonchev–Trinajstić information content (AvgIpc) is 3.38. The molecule has 3 N–H and O–H groups in total. The van der Waals surface area contributed by atoms with Gasteiger partial charge in [0.1, 0.15) is 7.05 Å². The Morgan fingerprint density at radius 1 is 0.667 bits per heavy atom. The summed E-state index contributed by atoms with van der Waals surface area (Å²) in [5.41, 5.74) is 12.1. The minimum Gasteiger partial charge on any atom is -0.358 e. The van der Waals surface area contributed by atoms with Gasteiger partial charge >= 0.3 is 0 Å². The van der Waals surface area contributed by atoms with Crippen LogP contribution >= 0.6 is 0 Å². The molecule has 2 heterocycles. The first-order valence-electron chi connectivity index (χ1n) is 16.7. The van der Waals surface area contributed by atoms with Gasteiger partial charge in [0.25, 0.3) is 0 Å². The van der Waals surface area contributed by atoms with Gasteiger partial charge in [0.05, 0.1) is 12.0 Å². The quantitative estimate of drug-likeness (QED) is 0.111. The molecule has 0 aromatic heterocycles. The van der Waals surface area contributed by atoms with E-state index in [1.807, 2.05) is 0 Å². The van der Waals surface area contributed by atoms with Crippen molar-refractivity contribution in [1.82, 2.24) is 0 Å². The van der Waals surface area contributed by atoms with Gasteiger partial charge < -0.3 is 10.6 Å². The summed E-state index contributed by atoms with van der Waals surface area (Å²) >= 11 is 0. The molecule has 0 saturated carbocycles. The summed E-state index contributed by atoms with van der Waals surface area (Å²) in [6, 6.07) is 26.7. The molecule has 0 unspecified atom stereocenters. The van der Waals surface area contributed by atoms with Crippen LogP contribution in [-0.2, 0) is 10.8 Å². The standard InChI is InChI=1S/C42H48N3/c1-41(2)37(44(5)35-27-25-31-19-13-15-21-33(31)39(35)41)23-11-7-6-8-12-24-38-42(3,4)40-34-22-16-14-20-32(34)26-28-36(40)45(38)30-18-10-9-17-29-43/h6-8,11-16,19-28H,9-10,17-18,29-30,43H2,1-5H3/q+1/p+1. The van der Waals surface area contributed by atoms with Crippen LogP contribution in [0, 0.1) is 0 Å². The Balaban J connectivity index is 1.22. The van der Waals surface area contributed by atoms with Gasteiger partial charge in [-0.25, -0.2) is 0 Å². The molecule has 0 amide bonds. The summed E-state index contributed by atoms with van der Waals surface area (Å²) in [6.07, 6.45) is 20.4. The van der Waals surface area contributed by atoms with E-state index in [2.05, 4.69) is 165 Å². The lowest BCUT2D eigenvalue weighted by Crippen LogP contribution is -2.50. The fourth-order valence-electron chi connectivity index (χ4n) is 7.76. The number of benzene rings is 4. The number of fused-ring (bicyclic) bond motifs is 6. The van der Waals surface area contributed by atoms with Crippen molar-refractivity contribution in [3.05, 3.63) is 132 Å². The number of allylic oxidation sites excluding steroid dienone is 8. The average molecular weight is 596 g/mol. The third-order valence-corrected chi connectivity index (χ3v) is 9.98. The first kappa shape index (κ1) is 30.8. The van der Waals surface area contributed by atoms with Crippen LogP contribution in [0.15, 0.2) is 121 Å². The smallest absolute Gasteiger partial charge is 0.210 e. The molecule has 0 aliphatic carbocycles. The van der Waals surface area contributed by atoms with Crippen LogP contribution in [0.2, 0.25) is 0 Å². The second-order valence-electron chi connectivity index (χ2n) is 13.7. The van der Waals surface area contributed by atoms with E-state index in [-0.39, 0.29) is 10.8 Å². The van der Waals surface area contributed by atoms with Gasteiger partial charge in [-0.2, -0.15) is 4.58 Å². The third kappa shape index (κ3) is 5.59. The zero-order valence-electron chi connectivity index (χ0n) is 27.8. The Labute approximate surface area is 269 Å². The number of rotatable bonds is 10. The zero-order chi connectivity index (χ0) is 31.6. The molecular formula is C42H49N3+2. The fraction of sp³-hybridized carbons (Fsp3) is 0.310. The molecule has 230 valence electrons. The summed E-state index contributed by atoms with van der Waals surface area (Å²) < 4.78 is 2.35. The molecule has 0 fully saturated rings. The maximum Gasteiger partial charge on any atom is 0.210 e. The molecule has 0 bridgehead atoms. The van der Waals surface area contributed by atoms with Crippen molar-refractivity contribution in [1.29, 1.82) is 0 Å². The van der Waals surface area contributed by atoms with Gasteiger partial charge in [-0.1, -0.05) is 105 Å². The van der Waals surface area contributed by atoms with Gasteiger partial charge in [0.15, 0.2) is 5.71 Å². The molecule has 6 rings (SSSR count). The van der Waals surface area contributed by atoms with E-state index in [9.17, 15) is 0 Å². The number of hydrogen-bond donors (Lipinski definition) is 1. The second kappa shape index (κ2) is 12.7. The van der Waals surface area contributed by atoms with Crippen molar-refractivity contribution in [2.75, 3.05) is 25.0 Å². The summed E-state index contributed by atoms with van der Waals surface area (Å²) in [4.78, 5) is 2.58. The van der Waals surface area contributed by atoms with Crippen LogP contribution < -0.4 is 10.6 Å². The monoisotopic (exact) mass is 595 g/mol. The molecule has 0 atom stereocenters. The van der Waals surface area contributed by atoms with E-state index >= 15 is 0 Å². The SMILES string of the molecule is C[N+]1=C(/C=C/C=C/C=C/C=C2/N(CCCCCC[NH3+])c3ccc4ccccc4c3C2(C)C)C(C)(C)c2c1ccc1ccccc21. The Morgan fingerprint density at radius 2 is 1.29 bits per heavy atom. The summed E-state index contributed by atoms with van der Waals surface area (Å²) in [7, 11) is 2.19. The van der Waals surface area contributed by atoms with E-state index < -0.39 is 0 Å². The lowest BCUT2D eigenvalue weighted by molar-refractivity contribution is -0.401. The Hall–Kier alpha value is -4.21. The maximum atomic E-state index is 4.02. The van der Waals surface area contributed by atoms with Gasteiger partial charge in [-0.05, 0) is 78.4 Å². The highest BCUT2D eigenvalue weighted by molar-refractivity contribution is 6.07. The van der Waals surface area contributed by atoms with E-state index in [0.717, 1.165) is 13.1 Å². The maximum absolute atomic E-state index is 4.02. The van der Waals surface area contributed by atoms with Crippen molar-refractivity contribution in [2.45, 2.75) is 64.2 Å². The van der Waals surface area contributed by atoms with Crippen LogP contribution in [0.3, 0.4) is 0 Å². The van der Waals surface area contributed by atoms with Crippen molar-refractivity contribution in [2.24, 2.45) is 0 Å². The third-order valence-electron chi connectivity index (χ3n) is 9.98. The summed E-state index contributed by atoms with van der Waals surface area (Å²) in [6.45, 7) is 11.5. The second-order valence-corrected chi connectivity index (χ2v) is 13.7. The number of unbranched alkanes of at least 4 members (excludes halogenated alkanes) is 3. The predicted octanol–water partition coefficient (Wildman–Crippen LogP) is 9.15. The number of hydrogen-bond acceptors (Lipinski definition) is 1. The first-order valence-corrected chi connectivity index (χ1v) is 16.7. The normalized spacial score (nSPS) is 18.1. The van der Waals surface area contributed by atoms with Gasteiger partial charge in [-0.15, -0.1) is 0 Å². The number of quaternary nitrogens is 1. The van der Waals surface area contributed by atoms with Crippen LogP contribution in [0.25, 0.3) is 21.5 Å². The molecule has 3 heteroatoms. The Kier molecular flexibility index (Phi) is 8.66.